The summed E-state index contributed by atoms with van der Waals surface area (Å²) in [5.41, 5.74) is 2.45. The molecule has 2 aliphatic rings. The average molecular weight is 573 g/mol. The number of aromatic carboxylic acids is 1. The first kappa shape index (κ1) is 33.6. The first-order valence-corrected chi connectivity index (χ1v) is 14.1. The van der Waals surface area contributed by atoms with Gasteiger partial charge in [-0.2, -0.15) is 0 Å². The summed E-state index contributed by atoms with van der Waals surface area (Å²) in [6.07, 6.45) is 11.1. The van der Waals surface area contributed by atoms with Crippen LogP contribution in [0.5, 0.6) is 0 Å². The number of hydrogen-bond acceptors (Lipinski definition) is 5. The molecule has 0 unspecified atom stereocenters. The molecule has 0 spiro atoms. The van der Waals surface area contributed by atoms with E-state index in [-0.39, 0.29) is 35.0 Å². The van der Waals surface area contributed by atoms with Crippen molar-refractivity contribution in [3.63, 3.8) is 0 Å². The predicted octanol–water partition coefficient (Wildman–Crippen LogP) is 6.98. The largest absolute Gasteiger partial charge is 0.478 e. The Kier molecular flexibility index (Phi) is 12.8. The molecule has 0 saturated carbocycles. The van der Waals surface area contributed by atoms with Crippen molar-refractivity contribution in [1.29, 1.82) is 0 Å². The van der Waals surface area contributed by atoms with Crippen LogP contribution >= 0.6 is 0 Å². The molecular formula is C34H40N2O6. The third kappa shape index (κ3) is 9.51. The van der Waals surface area contributed by atoms with Gasteiger partial charge in [0.05, 0.1) is 11.3 Å². The lowest BCUT2D eigenvalue weighted by atomic mass is 10.0. The number of nitrogens with zero attached hydrogens (tertiary/aromatic N) is 2. The van der Waals surface area contributed by atoms with E-state index in [1.807, 2.05) is 13.8 Å². The summed E-state index contributed by atoms with van der Waals surface area (Å²) in [5.74, 6) is -1.01. The second-order valence-corrected chi connectivity index (χ2v) is 10.7. The molecule has 2 aliphatic heterocycles. The molecule has 2 heterocycles. The van der Waals surface area contributed by atoms with E-state index in [9.17, 15) is 24.0 Å². The third-order valence-electron chi connectivity index (χ3n) is 6.43. The number of Topliss-reactive ketones (excluding diaryl/α,β-unsaturated/α-hetero) is 1. The van der Waals surface area contributed by atoms with Gasteiger partial charge in [0.25, 0.3) is 17.7 Å². The highest BCUT2D eigenvalue weighted by molar-refractivity contribution is 6.28. The maximum absolute atomic E-state index is 11.7. The summed E-state index contributed by atoms with van der Waals surface area (Å²) in [7, 11) is 0. The topological polar surface area (TPSA) is 112 Å². The zero-order valence-electron chi connectivity index (χ0n) is 25.0. The third-order valence-corrected chi connectivity index (χ3v) is 6.43. The molecule has 2 aromatic rings. The fraction of sp³-hybridized carbons (Fsp3) is 0.324. The van der Waals surface area contributed by atoms with Crippen LogP contribution in [-0.4, -0.2) is 34.6 Å². The van der Waals surface area contributed by atoms with Gasteiger partial charge < -0.3 is 5.11 Å². The fourth-order valence-electron chi connectivity index (χ4n) is 4.07. The number of anilines is 2. The van der Waals surface area contributed by atoms with Crippen LogP contribution in [0.1, 0.15) is 81.0 Å². The Morgan fingerprint density at radius 2 is 1.17 bits per heavy atom. The van der Waals surface area contributed by atoms with E-state index in [0.717, 1.165) is 10.8 Å². The minimum Gasteiger partial charge on any atom is -0.478 e. The van der Waals surface area contributed by atoms with Gasteiger partial charge in [-0.05, 0) is 60.5 Å². The Morgan fingerprint density at radius 1 is 0.714 bits per heavy atom. The molecule has 0 aliphatic carbocycles. The second-order valence-electron chi connectivity index (χ2n) is 10.7. The molecule has 4 rings (SSSR count). The molecule has 0 bridgehead atoms. The SMILES string of the molecule is C=C1C=CC(=O)N1c1ccc(C(=O)O)cc1.CC(C)C(=O)c1ccc(N2C(=O)C=CC2=O)cc1.CCCCCC(C)C. The van der Waals surface area contributed by atoms with Crippen LogP contribution < -0.4 is 9.80 Å². The molecule has 1 N–H and O–H groups in total. The molecule has 0 atom stereocenters. The zero-order valence-corrected chi connectivity index (χ0v) is 25.0. The van der Waals surface area contributed by atoms with E-state index < -0.39 is 5.97 Å². The van der Waals surface area contributed by atoms with Crippen molar-refractivity contribution < 1.29 is 29.1 Å². The maximum atomic E-state index is 11.7. The number of benzene rings is 2. The first-order chi connectivity index (χ1) is 19.9. The minimum absolute atomic E-state index is 0.0405. The van der Waals surface area contributed by atoms with Crippen molar-refractivity contribution in [3.8, 4) is 0 Å². The number of carboxylic acid groups (broad SMARTS) is 1. The molecule has 0 fully saturated rings. The molecule has 8 heteroatoms. The van der Waals surface area contributed by atoms with Gasteiger partial charge >= 0.3 is 5.97 Å². The van der Waals surface area contributed by atoms with Gasteiger partial charge in [0.2, 0.25) is 0 Å². The van der Waals surface area contributed by atoms with E-state index in [2.05, 4.69) is 27.4 Å². The molecule has 222 valence electrons. The van der Waals surface area contributed by atoms with E-state index in [0.29, 0.717) is 22.6 Å². The number of carbonyl (C=O) groups is 5. The lowest BCUT2D eigenvalue weighted by Crippen LogP contribution is -2.29. The molecular weight excluding hydrogens is 532 g/mol. The lowest BCUT2D eigenvalue weighted by Gasteiger charge is -2.17. The summed E-state index contributed by atoms with van der Waals surface area (Å²) in [6.45, 7) is 14.2. The quantitative estimate of drug-likeness (QED) is 0.197. The van der Waals surface area contributed by atoms with Crippen LogP contribution in [0.25, 0.3) is 0 Å². The highest BCUT2D eigenvalue weighted by Crippen LogP contribution is 2.24. The minimum atomic E-state index is -0.990. The number of allylic oxidation sites excluding steroid dienone is 1. The molecule has 3 amide bonds. The van der Waals surface area contributed by atoms with Gasteiger partial charge in [-0.15, -0.1) is 0 Å². The number of carbonyl (C=O) groups excluding carboxylic acids is 4. The van der Waals surface area contributed by atoms with E-state index in [1.165, 1.54) is 60.9 Å². The lowest BCUT2D eigenvalue weighted by molar-refractivity contribution is -0.120. The normalized spacial score (nSPS) is 13.9. The van der Waals surface area contributed by atoms with Gasteiger partial charge in [0.15, 0.2) is 5.78 Å². The van der Waals surface area contributed by atoms with E-state index in [1.54, 1.807) is 42.5 Å². The summed E-state index contributed by atoms with van der Waals surface area (Å²) in [5, 5.41) is 8.73. The molecule has 2 aromatic carbocycles. The van der Waals surface area contributed by atoms with Crippen molar-refractivity contribution in [1.82, 2.24) is 0 Å². The van der Waals surface area contributed by atoms with Gasteiger partial charge in [-0.1, -0.05) is 66.9 Å². The summed E-state index contributed by atoms with van der Waals surface area (Å²) in [6, 6.07) is 12.6. The molecule has 0 radical (unpaired) electrons. The number of unbranched alkanes of at least 4 members (excludes halogenated alkanes) is 2. The van der Waals surface area contributed by atoms with Crippen molar-refractivity contribution >= 4 is 40.8 Å². The highest BCUT2D eigenvalue weighted by atomic mass is 16.4. The summed E-state index contributed by atoms with van der Waals surface area (Å²) >= 11 is 0. The number of carboxylic acids is 1. The van der Waals surface area contributed by atoms with Gasteiger partial charge in [0.1, 0.15) is 0 Å². The number of ketones is 1. The summed E-state index contributed by atoms with van der Waals surface area (Å²) < 4.78 is 0. The van der Waals surface area contributed by atoms with Crippen LogP contribution in [0, 0.1) is 11.8 Å². The van der Waals surface area contributed by atoms with Gasteiger partial charge in [-0.3, -0.25) is 24.1 Å². The number of rotatable bonds is 9. The number of hydrogen-bond donors (Lipinski definition) is 1. The van der Waals surface area contributed by atoms with Crippen LogP contribution in [-0.2, 0) is 14.4 Å². The fourth-order valence-corrected chi connectivity index (χ4v) is 4.07. The highest BCUT2D eigenvalue weighted by Gasteiger charge is 2.25. The molecule has 0 aromatic heterocycles. The average Bonchev–Trinajstić information content (AvgIpc) is 3.48. The van der Waals surface area contributed by atoms with Gasteiger partial charge in [0, 0.05) is 41.1 Å². The van der Waals surface area contributed by atoms with Crippen molar-refractivity contribution in [2.75, 3.05) is 9.80 Å². The molecule has 42 heavy (non-hydrogen) atoms. The molecule has 0 saturated heterocycles. The monoisotopic (exact) mass is 572 g/mol. The Balaban J connectivity index is 0.000000237. The van der Waals surface area contributed by atoms with Crippen molar-refractivity contribution in [3.05, 3.63) is 96.2 Å². The zero-order chi connectivity index (χ0) is 31.4. The standard InChI is InChI=1S/C14H13NO3.C12H9NO3.C8H18/c1-9(2)14(18)10-3-5-11(6-4-10)15-12(16)7-8-13(15)17;1-8-2-7-11(14)13(8)10-5-3-9(4-6-10)12(15)16;1-4-5-6-7-8(2)3/h3-9H,1-2H3;2-7H,1H2,(H,15,16);8H,4-7H2,1-3H3. The first-order valence-electron chi connectivity index (χ1n) is 14.1. The number of amides is 3. The predicted molar refractivity (Wildman–Crippen MR) is 165 cm³/mol. The Hall–Kier alpha value is -4.59. The van der Waals surface area contributed by atoms with Crippen LogP contribution in [0.3, 0.4) is 0 Å². The summed E-state index contributed by atoms with van der Waals surface area (Å²) in [4.78, 5) is 59.3. The maximum Gasteiger partial charge on any atom is 0.335 e. The van der Waals surface area contributed by atoms with Crippen molar-refractivity contribution in [2.45, 2.75) is 60.3 Å². The van der Waals surface area contributed by atoms with Crippen molar-refractivity contribution in [2.24, 2.45) is 11.8 Å². The van der Waals surface area contributed by atoms with Crippen LogP contribution in [0.2, 0.25) is 0 Å². The Labute approximate surface area is 248 Å². The van der Waals surface area contributed by atoms with Crippen LogP contribution in [0.4, 0.5) is 11.4 Å². The molecule has 8 nitrogen and oxygen atoms in total. The van der Waals surface area contributed by atoms with E-state index in [4.69, 9.17) is 5.11 Å². The Bertz CT molecular complexity index is 1320. The number of imide groups is 1. The van der Waals surface area contributed by atoms with Crippen LogP contribution in [0.15, 0.2) is 85.1 Å². The second kappa shape index (κ2) is 16.0. The Morgan fingerprint density at radius 3 is 1.57 bits per heavy atom. The smallest absolute Gasteiger partial charge is 0.335 e. The van der Waals surface area contributed by atoms with E-state index >= 15 is 0 Å². The van der Waals surface area contributed by atoms with Gasteiger partial charge in [-0.25, -0.2) is 9.69 Å².